The molecule has 1 aromatic heterocycles. The summed E-state index contributed by atoms with van der Waals surface area (Å²) in [6.07, 6.45) is 3.12. The zero-order valence-corrected chi connectivity index (χ0v) is 12.7. The Balaban J connectivity index is 0.00000180. The number of nitrogens with zero attached hydrogens (tertiary/aromatic N) is 3. The van der Waals surface area contributed by atoms with Crippen molar-refractivity contribution in [1.82, 2.24) is 19.6 Å². The van der Waals surface area contributed by atoms with Crippen LogP contribution in [0, 0.1) is 6.92 Å². The second kappa shape index (κ2) is 6.60. The highest BCUT2D eigenvalue weighted by Gasteiger charge is 2.30. The molecule has 1 fully saturated rings. The molecule has 6 nitrogen and oxygen atoms in total. The molecule has 0 radical (unpaired) electrons. The smallest absolute Gasteiger partial charge is 0.278 e. The van der Waals surface area contributed by atoms with Crippen molar-refractivity contribution in [3.63, 3.8) is 0 Å². The predicted molar refractivity (Wildman–Crippen MR) is 74.9 cm³/mol. The Labute approximate surface area is 120 Å². The highest BCUT2D eigenvalue weighted by atomic mass is 35.5. The van der Waals surface area contributed by atoms with Crippen LogP contribution >= 0.6 is 12.4 Å². The van der Waals surface area contributed by atoms with Crippen LogP contribution in [-0.4, -0.2) is 48.9 Å². The summed E-state index contributed by atoms with van der Waals surface area (Å²) >= 11 is 0. The van der Waals surface area contributed by atoms with Crippen molar-refractivity contribution >= 4 is 22.4 Å². The standard InChI is InChI=1S/C11H18N4O2S.ClH/c1-9-3-8-13-11(14-9)18(16,17)15(2)10-4-6-12-7-5-10;/h3,8,10,12H,4-7H2,1-2H3;1H. The lowest BCUT2D eigenvalue weighted by Crippen LogP contribution is -2.44. The van der Waals surface area contributed by atoms with Crippen LogP contribution in [0.3, 0.4) is 0 Å². The molecule has 0 aliphatic carbocycles. The average Bonchev–Trinajstić information content (AvgIpc) is 2.39. The van der Waals surface area contributed by atoms with Crippen molar-refractivity contribution in [2.24, 2.45) is 0 Å². The topological polar surface area (TPSA) is 75.2 Å². The number of hydrogen-bond donors (Lipinski definition) is 1. The largest absolute Gasteiger partial charge is 0.317 e. The molecule has 1 aromatic rings. The summed E-state index contributed by atoms with van der Waals surface area (Å²) in [7, 11) is -1.97. The number of aromatic nitrogens is 2. The summed E-state index contributed by atoms with van der Waals surface area (Å²) in [5.74, 6) is 0. The number of rotatable bonds is 3. The third-order valence-electron chi connectivity index (χ3n) is 3.21. The minimum Gasteiger partial charge on any atom is -0.317 e. The molecule has 1 N–H and O–H groups in total. The van der Waals surface area contributed by atoms with Crippen molar-refractivity contribution in [1.29, 1.82) is 0 Å². The fourth-order valence-corrected chi connectivity index (χ4v) is 3.36. The lowest BCUT2D eigenvalue weighted by Gasteiger charge is -2.30. The van der Waals surface area contributed by atoms with Crippen molar-refractivity contribution in [3.8, 4) is 0 Å². The molecule has 0 unspecified atom stereocenters. The Morgan fingerprint density at radius 2 is 2.00 bits per heavy atom. The lowest BCUT2D eigenvalue weighted by atomic mass is 10.1. The van der Waals surface area contributed by atoms with E-state index in [1.165, 1.54) is 10.5 Å². The van der Waals surface area contributed by atoms with Gasteiger partial charge < -0.3 is 5.32 Å². The highest BCUT2D eigenvalue weighted by Crippen LogP contribution is 2.18. The van der Waals surface area contributed by atoms with Gasteiger partial charge in [0.25, 0.3) is 15.2 Å². The van der Waals surface area contributed by atoms with Gasteiger partial charge in [0.05, 0.1) is 0 Å². The molecule has 0 amide bonds. The van der Waals surface area contributed by atoms with Gasteiger partial charge in [-0.15, -0.1) is 12.4 Å². The maximum Gasteiger partial charge on any atom is 0.278 e. The fourth-order valence-electron chi connectivity index (χ4n) is 2.05. The summed E-state index contributed by atoms with van der Waals surface area (Å²) in [5, 5.41) is 3.11. The Bertz CT molecular complexity index is 517. The van der Waals surface area contributed by atoms with E-state index in [9.17, 15) is 8.42 Å². The van der Waals surface area contributed by atoms with Gasteiger partial charge in [-0.25, -0.2) is 18.4 Å². The predicted octanol–water partition coefficient (Wildman–Crippen LogP) is 0.579. The molecule has 0 spiro atoms. The minimum absolute atomic E-state index is 0. The summed E-state index contributed by atoms with van der Waals surface area (Å²) < 4.78 is 26.1. The molecule has 0 saturated carbocycles. The molecule has 19 heavy (non-hydrogen) atoms. The Morgan fingerprint density at radius 1 is 1.37 bits per heavy atom. The molecule has 108 valence electrons. The third kappa shape index (κ3) is 3.62. The van der Waals surface area contributed by atoms with E-state index >= 15 is 0 Å². The van der Waals surface area contributed by atoms with Gasteiger partial charge in [0.1, 0.15) is 0 Å². The molecule has 1 aliphatic heterocycles. The average molecular weight is 307 g/mol. The van der Waals surface area contributed by atoms with E-state index < -0.39 is 10.0 Å². The van der Waals surface area contributed by atoms with Gasteiger partial charge in [0.15, 0.2) is 0 Å². The number of hydrogen-bond acceptors (Lipinski definition) is 5. The highest BCUT2D eigenvalue weighted by molar-refractivity contribution is 7.88. The maximum absolute atomic E-state index is 12.4. The summed E-state index contributed by atoms with van der Waals surface area (Å²) in [4.78, 5) is 7.88. The van der Waals surface area contributed by atoms with E-state index in [0.717, 1.165) is 25.9 Å². The van der Waals surface area contributed by atoms with Crippen molar-refractivity contribution in [2.45, 2.75) is 31.0 Å². The Hall–Kier alpha value is -0.760. The molecule has 1 aliphatic rings. The van der Waals surface area contributed by atoms with Crippen LogP contribution in [0.2, 0.25) is 0 Å². The zero-order chi connectivity index (χ0) is 13.2. The lowest BCUT2D eigenvalue weighted by molar-refractivity contribution is 0.295. The number of nitrogens with one attached hydrogen (secondary N) is 1. The SMILES string of the molecule is Cc1ccnc(S(=O)(=O)N(C)C2CCNCC2)n1.Cl. The molecular weight excluding hydrogens is 288 g/mol. The van der Waals surface area contributed by atoms with Gasteiger partial charge in [0.2, 0.25) is 0 Å². The molecule has 8 heteroatoms. The van der Waals surface area contributed by atoms with E-state index in [2.05, 4.69) is 15.3 Å². The molecule has 0 aromatic carbocycles. The second-order valence-electron chi connectivity index (χ2n) is 4.48. The monoisotopic (exact) mass is 306 g/mol. The van der Waals surface area contributed by atoms with Gasteiger partial charge >= 0.3 is 0 Å². The molecule has 1 saturated heterocycles. The van der Waals surface area contributed by atoms with Crippen LogP contribution in [0.5, 0.6) is 0 Å². The second-order valence-corrected chi connectivity index (χ2v) is 6.37. The van der Waals surface area contributed by atoms with Crippen LogP contribution in [0.1, 0.15) is 18.5 Å². The van der Waals surface area contributed by atoms with Crippen LogP contribution < -0.4 is 5.32 Å². The van der Waals surface area contributed by atoms with E-state index in [4.69, 9.17) is 0 Å². The first-order valence-electron chi connectivity index (χ1n) is 6.00. The molecule has 2 rings (SSSR count). The first-order chi connectivity index (χ1) is 8.51. The number of piperidine rings is 1. The fraction of sp³-hybridized carbons (Fsp3) is 0.636. The number of sulfonamides is 1. The Morgan fingerprint density at radius 3 is 2.58 bits per heavy atom. The quantitative estimate of drug-likeness (QED) is 0.827. The third-order valence-corrected chi connectivity index (χ3v) is 4.92. The van der Waals surface area contributed by atoms with Gasteiger partial charge in [-0.1, -0.05) is 0 Å². The normalized spacial score (nSPS) is 17.2. The van der Waals surface area contributed by atoms with E-state index in [0.29, 0.717) is 5.69 Å². The van der Waals surface area contributed by atoms with Crippen LogP contribution in [0.15, 0.2) is 17.4 Å². The molecule has 0 atom stereocenters. The van der Waals surface area contributed by atoms with E-state index in [1.807, 2.05) is 0 Å². The maximum atomic E-state index is 12.4. The van der Waals surface area contributed by atoms with E-state index in [-0.39, 0.29) is 23.6 Å². The summed E-state index contributed by atoms with van der Waals surface area (Å²) in [6, 6.07) is 1.71. The zero-order valence-electron chi connectivity index (χ0n) is 11.0. The van der Waals surface area contributed by atoms with Crippen molar-refractivity contribution in [3.05, 3.63) is 18.0 Å². The van der Waals surface area contributed by atoms with Crippen molar-refractivity contribution in [2.75, 3.05) is 20.1 Å². The molecular formula is C11H19ClN4O2S. The number of halogens is 1. The first kappa shape index (κ1) is 16.3. The summed E-state index contributed by atoms with van der Waals surface area (Å²) in [5.41, 5.74) is 0.655. The van der Waals surface area contributed by atoms with Crippen LogP contribution in [-0.2, 0) is 10.0 Å². The summed E-state index contributed by atoms with van der Waals surface area (Å²) in [6.45, 7) is 3.45. The van der Waals surface area contributed by atoms with Crippen LogP contribution in [0.4, 0.5) is 0 Å². The van der Waals surface area contributed by atoms with Gasteiger partial charge in [-0.05, 0) is 38.9 Å². The first-order valence-corrected chi connectivity index (χ1v) is 7.44. The van der Waals surface area contributed by atoms with Crippen molar-refractivity contribution < 1.29 is 8.42 Å². The molecule has 2 heterocycles. The Kier molecular flexibility index (Phi) is 5.66. The van der Waals surface area contributed by atoms with E-state index in [1.54, 1.807) is 20.0 Å². The van der Waals surface area contributed by atoms with Crippen LogP contribution in [0.25, 0.3) is 0 Å². The van der Waals surface area contributed by atoms with Gasteiger partial charge in [-0.3, -0.25) is 0 Å². The number of aryl methyl sites for hydroxylation is 1. The van der Waals surface area contributed by atoms with Gasteiger partial charge in [-0.2, -0.15) is 4.31 Å². The minimum atomic E-state index is -3.58. The van der Waals surface area contributed by atoms with Gasteiger partial charge in [0, 0.05) is 25.0 Å². The molecule has 0 bridgehead atoms.